The molecule has 8 heteroatoms. The lowest BCUT2D eigenvalue weighted by Crippen LogP contribution is -2.43. The Morgan fingerprint density at radius 3 is 2.23 bits per heavy atom. The Bertz CT molecular complexity index is 1040. The summed E-state index contributed by atoms with van der Waals surface area (Å²) in [5.41, 5.74) is 2.60. The van der Waals surface area contributed by atoms with Crippen LogP contribution in [0.5, 0.6) is 0 Å². The van der Waals surface area contributed by atoms with Crippen molar-refractivity contribution in [2.24, 2.45) is 14.1 Å². The fraction of sp³-hybridized carbons (Fsp3) is 0.391. The smallest absolute Gasteiger partial charge is 0.229 e. The predicted octanol–water partition coefficient (Wildman–Crippen LogP) is 1.57. The van der Waals surface area contributed by atoms with Crippen LogP contribution in [-0.2, 0) is 43.1 Å². The highest BCUT2D eigenvalue weighted by Crippen LogP contribution is 2.20. The van der Waals surface area contributed by atoms with Crippen molar-refractivity contribution in [2.45, 2.75) is 31.8 Å². The lowest BCUT2D eigenvalue weighted by Gasteiger charge is -2.29. The van der Waals surface area contributed by atoms with Crippen molar-refractivity contribution in [1.29, 1.82) is 0 Å². The van der Waals surface area contributed by atoms with E-state index in [0.29, 0.717) is 19.6 Å². The molecule has 162 valence electrons. The Labute approximate surface area is 182 Å². The summed E-state index contributed by atoms with van der Waals surface area (Å²) >= 11 is 0. The molecular formula is C23H28N6O2. The summed E-state index contributed by atoms with van der Waals surface area (Å²) in [6.45, 7) is 1.73. The highest BCUT2D eigenvalue weighted by molar-refractivity contribution is 5.80. The third-order valence-corrected chi connectivity index (χ3v) is 5.68. The van der Waals surface area contributed by atoms with Crippen molar-refractivity contribution in [1.82, 2.24) is 29.4 Å². The van der Waals surface area contributed by atoms with E-state index in [1.54, 1.807) is 9.36 Å². The van der Waals surface area contributed by atoms with Crippen LogP contribution in [0.2, 0.25) is 0 Å². The lowest BCUT2D eigenvalue weighted by molar-refractivity contribution is -0.135. The van der Waals surface area contributed by atoms with Crippen LogP contribution in [0.1, 0.15) is 23.4 Å². The van der Waals surface area contributed by atoms with E-state index in [0.717, 1.165) is 23.4 Å². The molecule has 2 amide bonds. The molecule has 4 rings (SSSR count). The largest absolute Gasteiger partial charge is 0.340 e. The van der Waals surface area contributed by atoms with E-state index < -0.39 is 0 Å². The van der Waals surface area contributed by atoms with Crippen molar-refractivity contribution in [3.05, 3.63) is 71.8 Å². The molecule has 31 heavy (non-hydrogen) atoms. The van der Waals surface area contributed by atoms with E-state index in [1.807, 2.05) is 78.8 Å². The number of hydrogen-bond donors (Lipinski definition) is 0. The van der Waals surface area contributed by atoms with Gasteiger partial charge in [-0.2, -0.15) is 10.2 Å². The Kier molecular flexibility index (Phi) is 6.16. The predicted molar refractivity (Wildman–Crippen MR) is 116 cm³/mol. The number of nitrogens with zero attached hydrogens (tertiary/aromatic N) is 6. The van der Waals surface area contributed by atoms with Crippen molar-refractivity contribution >= 4 is 11.8 Å². The Morgan fingerprint density at radius 1 is 0.968 bits per heavy atom. The van der Waals surface area contributed by atoms with Gasteiger partial charge < -0.3 is 9.80 Å². The maximum absolute atomic E-state index is 13.2. The number of amides is 2. The minimum absolute atomic E-state index is 0.0101. The first-order chi connectivity index (χ1) is 15.0. The molecule has 1 aliphatic rings. The number of carbonyl (C=O) groups excluding carboxylic acids is 2. The van der Waals surface area contributed by atoms with Crippen molar-refractivity contribution in [3.63, 3.8) is 0 Å². The second kappa shape index (κ2) is 9.16. The Balaban J connectivity index is 1.45. The molecule has 1 fully saturated rings. The van der Waals surface area contributed by atoms with Gasteiger partial charge in [0.05, 0.1) is 30.3 Å². The quantitative estimate of drug-likeness (QED) is 0.581. The van der Waals surface area contributed by atoms with Crippen LogP contribution in [0, 0.1) is 0 Å². The van der Waals surface area contributed by atoms with Gasteiger partial charge in [0.2, 0.25) is 11.8 Å². The topological polar surface area (TPSA) is 76.3 Å². The summed E-state index contributed by atoms with van der Waals surface area (Å²) in [6.07, 6.45) is 5.00. The van der Waals surface area contributed by atoms with Gasteiger partial charge in [-0.1, -0.05) is 30.3 Å². The number of rotatable bonds is 7. The number of aromatic nitrogens is 4. The van der Waals surface area contributed by atoms with Crippen LogP contribution in [0.25, 0.3) is 0 Å². The number of benzene rings is 1. The van der Waals surface area contributed by atoms with Gasteiger partial charge in [0.1, 0.15) is 0 Å². The van der Waals surface area contributed by atoms with Crippen LogP contribution >= 0.6 is 0 Å². The van der Waals surface area contributed by atoms with Crippen LogP contribution in [-0.4, -0.2) is 60.3 Å². The summed E-state index contributed by atoms with van der Waals surface area (Å²) in [6, 6.07) is 13.7. The third kappa shape index (κ3) is 5.20. The molecule has 0 aliphatic carbocycles. The number of likely N-dealkylation sites (tertiary alicyclic amines) is 1. The molecule has 3 heterocycles. The van der Waals surface area contributed by atoms with Gasteiger partial charge in [-0.05, 0) is 24.1 Å². The average Bonchev–Trinajstić information content (AvgIpc) is 3.49. The fourth-order valence-electron chi connectivity index (χ4n) is 4.06. The molecule has 0 saturated carbocycles. The average molecular weight is 421 g/mol. The SMILES string of the molecule is Cn1ccc(CC(=O)N2CC[C@H](N(Cc3ccccc3)C(=O)Cc3ccn(C)n3)C2)n1. The molecule has 0 N–H and O–H groups in total. The first kappa shape index (κ1) is 20.8. The lowest BCUT2D eigenvalue weighted by atomic mass is 10.1. The van der Waals surface area contributed by atoms with Crippen LogP contribution < -0.4 is 0 Å². The molecule has 1 aliphatic heterocycles. The Hall–Kier alpha value is -3.42. The monoisotopic (exact) mass is 420 g/mol. The zero-order valence-corrected chi connectivity index (χ0v) is 18.0. The normalized spacial score (nSPS) is 15.9. The fourth-order valence-corrected chi connectivity index (χ4v) is 4.06. The highest BCUT2D eigenvalue weighted by atomic mass is 16.2. The van der Waals surface area contributed by atoms with Gasteiger partial charge in [-0.3, -0.25) is 19.0 Å². The summed E-state index contributed by atoms with van der Waals surface area (Å²) in [5, 5.41) is 8.66. The molecule has 1 saturated heterocycles. The van der Waals surface area contributed by atoms with E-state index in [1.165, 1.54) is 0 Å². The maximum atomic E-state index is 13.2. The van der Waals surface area contributed by atoms with Gasteiger partial charge in [0, 0.05) is 46.1 Å². The van der Waals surface area contributed by atoms with Crippen molar-refractivity contribution in [3.8, 4) is 0 Å². The molecule has 0 unspecified atom stereocenters. The number of hydrogen-bond acceptors (Lipinski definition) is 4. The van der Waals surface area contributed by atoms with E-state index in [4.69, 9.17) is 0 Å². The van der Waals surface area contributed by atoms with Crippen molar-refractivity contribution in [2.75, 3.05) is 13.1 Å². The van der Waals surface area contributed by atoms with E-state index in [2.05, 4.69) is 10.2 Å². The summed E-state index contributed by atoms with van der Waals surface area (Å²) < 4.78 is 3.41. The standard InChI is InChI=1S/C23H28N6O2/c1-26-11-8-19(24-26)14-22(30)28-13-10-21(17-28)29(16-18-6-4-3-5-7-18)23(31)15-20-9-12-27(2)25-20/h3-9,11-12,21H,10,13-17H2,1-2H3/t21-/m0/s1. The minimum atomic E-state index is -0.0101. The number of carbonyl (C=O) groups is 2. The van der Waals surface area contributed by atoms with Crippen LogP contribution in [0.15, 0.2) is 54.9 Å². The molecule has 1 aromatic carbocycles. The molecule has 2 aromatic heterocycles. The summed E-state index contributed by atoms with van der Waals surface area (Å²) in [5.74, 6) is 0.0876. The van der Waals surface area contributed by atoms with Crippen LogP contribution in [0.3, 0.4) is 0 Å². The van der Waals surface area contributed by atoms with Crippen molar-refractivity contribution < 1.29 is 9.59 Å². The van der Waals surface area contributed by atoms with Gasteiger partial charge in [-0.25, -0.2) is 0 Å². The number of aryl methyl sites for hydroxylation is 2. The molecule has 0 radical (unpaired) electrons. The minimum Gasteiger partial charge on any atom is -0.340 e. The van der Waals surface area contributed by atoms with E-state index in [-0.39, 0.29) is 30.7 Å². The molecular weight excluding hydrogens is 392 g/mol. The maximum Gasteiger partial charge on any atom is 0.229 e. The molecule has 3 aromatic rings. The second-order valence-corrected chi connectivity index (χ2v) is 8.10. The first-order valence-electron chi connectivity index (χ1n) is 10.6. The highest BCUT2D eigenvalue weighted by Gasteiger charge is 2.33. The molecule has 8 nitrogen and oxygen atoms in total. The molecule has 0 bridgehead atoms. The zero-order chi connectivity index (χ0) is 21.8. The zero-order valence-electron chi connectivity index (χ0n) is 18.0. The van der Waals surface area contributed by atoms with Crippen LogP contribution in [0.4, 0.5) is 0 Å². The summed E-state index contributed by atoms with van der Waals surface area (Å²) in [7, 11) is 3.69. The van der Waals surface area contributed by atoms with Gasteiger partial charge in [0.15, 0.2) is 0 Å². The van der Waals surface area contributed by atoms with Gasteiger partial charge in [0.25, 0.3) is 0 Å². The van der Waals surface area contributed by atoms with E-state index >= 15 is 0 Å². The van der Waals surface area contributed by atoms with Gasteiger partial charge in [-0.15, -0.1) is 0 Å². The Morgan fingerprint density at radius 2 is 1.61 bits per heavy atom. The second-order valence-electron chi connectivity index (χ2n) is 8.10. The third-order valence-electron chi connectivity index (χ3n) is 5.68. The summed E-state index contributed by atoms with van der Waals surface area (Å²) in [4.78, 5) is 29.8. The molecule has 0 spiro atoms. The molecule has 1 atom stereocenters. The van der Waals surface area contributed by atoms with E-state index in [9.17, 15) is 9.59 Å². The van der Waals surface area contributed by atoms with Gasteiger partial charge >= 0.3 is 0 Å². The first-order valence-corrected chi connectivity index (χ1v) is 10.6.